The van der Waals surface area contributed by atoms with Crippen molar-refractivity contribution in [3.05, 3.63) is 59.9 Å². The fourth-order valence-corrected chi connectivity index (χ4v) is 2.18. The van der Waals surface area contributed by atoms with Gasteiger partial charge in [-0.3, -0.25) is 4.57 Å². The van der Waals surface area contributed by atoms with Crippen LogP contribution in [0, 0.1) is 11.3 Å². The Labute approximate surface area is 117 Å². The molecular formula is C15H8F3N3. The normalized spacial score (nSPS) is 11.5. The predicted molar refractivity (Wildman–Crippen MR) is 70.8 cm³/mol. The van der Waals surface area contributed by atoms with E-state index in [0.29, 0.717) is 5.52 Å². The highest BCUT2D eigenvalue weighted by atomic mass is 19.4. The van der Waals surface area contributed by atoms with Crippen LogP contribution in [0.5, 0.6) is 0 Å². The molecule has 0 aliphatic carbocycles. The van der Waals surface area contributed by atoms with E-state index >= 15 is 0 Å². The van der Waals surface area contributed by atoms with Crippen LogP contribution in [-0.4, -0.2) is 9.55 Å². The molecule has 104 valence electrons. The van der Waals surface area contributed by atoms with Crippen molar-refractivity contribution in [2.45, 2.75) is 6.18 Å². The van der Waals surface area contributed by atoms with Crippen LogP contribution in [-0.2, 0) is 6.18 Å². The first-order valence-corrected chi connectivity index (χ1v) is 6.04. The highest BCUT2D eigenvalue weighted by Gasteiger charge is 2.34. The summed E-state index contributed by atoms with van der Waals surface area (Å²) in [7, 11) is 0. The van der Waals surface area contributed by atoms with Crippen LogP contribution in [0.2, 0.25) is 0 Å². The van der Waals surface area contributed by atoms with Crippen molar-refractivity contribution in [1.82, 2.24) is 9.55 Å². The number of halogens is 3. The van der Waals surface area contributed by atoms with Gasteiger partial charge in [-0.1, -0.05) is 18.2 Å². The summed E-state index contributed by atoms with van der Waals surface area (Å²) in [5.41, 5.74) is 0.0584. The van der Waals surface area contributed by atoms with E-state index in [0.717, 1.165) is 11.8 Å². The van der Waals surface area contributed by atoms with Gasteiger partial charge < -0.3 is 0 Å². The van der Waals surface area contributed by atoms with Crippen molar-refractivity contribution >= 4 is 11.0 Å². The van der Waals surface area contributed by atoms with Gasteiger partial charge in [-0.2, -0.15) is 18.4 Å². The molecule has 1 aromatic heterocycles. The summed E-state index contributed by atoms with van der Waals surface area (Å²) in [5.74, 6) is 0. The number of aromatic nitrogens is 2. The second-order valence-corrected chi connectivity index (χ2v) is 4.45. The van der Waals surface area contributed by atoms with Crippen molar-refractivity contribution in [3.8, 4) is 11.8 Å². The molecule has 3 rings (SSSR count). The molecule has 0 aliphatic rings. The summed E-state index contributed by atoms with van der Waals surface area (Å²) < 4.78 is 40.4. The fourth-order valence-electron chi connectivity index (χ4n) is 2.18. The lowest BCUT2D eigenvalue weighted by atomic mass is 10.1. The van der Waals surface area contributed by atoms with Crippen LogP contribution in [0.15, 0.2) is 48.8 Å². The molecule has 3 aromatic rings. The first kappa shape index (κ1) is 13.2. The number of nitriles is 1. The molecule has 1 heterocycles. The number of para-hydroxylation sites is 1. The lowest BCUT2D eigenvalue weighted by Gasteiger charge is -2.09. The summed E-state index contributed by atoms with van der Waals surface area (Å²) in [6.45, 7) is 0. The number of benzene rings is 2. The van der Waals surface area contributed by atoms with Crippen LogP contribution < -0.4 is 0 Å². The van der Waals surface area contributed by atoms with E-state index in [-0.39, 0.29) is 5.52 Å². The van der Waals surface area contributed by atoms with E-state index in [4.69, 9.17) is 5.26 Å². The van der Waals surface area contributed by atoms with Crippen molar-refractivity contribution in [3.63, 3.8) is 0 Å². The Morgan fingerprint density at radius 2 is 1.81 bits per heavy atom. The summed E-state index contributed by atoms with van der Waals surface area (Å²) in [6.07, 6.45) is -3.13. The minimum atomic E-state index is -4.57. The molecule has 0 unspecified atom stereocenters. The number of rotatable bonds is 1. The van der Waals surface area contributed by atoms with E-state index < -0.39 is 17.3 Å². The third-order valence-corrected chi connectivity index (χ3v) is 3.15. The molecule has 0 bridgehead atoms. The average Bonchev–Trinajstić information content (AvgIpc) is 2.88. The molecular weight excluding hydrogens is 279 g/mol. The number of hydrogen-bond acceptors (Lipinski definition) is 2. The molecule has 0 radical (unpaired) electrons. The Kier molecular flexibility index (Phi) is 2.91. The van der Waals surface area contributed by atoms with Crippen LogP contribution in [0.4, 0.5) is 13.2 Å². The lowest BCUT2D eigenvalue weighted by Crippen LogP contribution is -2.08. The van der Waals surface area contributed by atoms with Gasteiger partial charge in [-0.05, 0) is 24.3 Å². The number of nitrogens with zero attached hydrogens (tertiary/aromatic N) is 3. The van der Waals surface area contributed by atoms with Crippen molar-refractivity contribution < 1.29 is 13.2 Å². The smallest absolute Gasteiger partial charge is 0.299 e. The zero-order chi connectivity index (χ0) is 15.0. The molecule has 0 spiro atoms. The van der Waals surface area contributed by atoms with Gasteiger partial charge in [0.25, 0.3) is 0 Å². The molecule has 0 saturated heterocycles. The molecule has 0 N–H and O–H groups in total. The third kappa shape index (κ3) is 2.23. The molecule has 0 fully saturated rings. The minimum absolute atomic E-state index is 0.199. The molecule has 0 saturated carbocycles. The Bertz CT molecular complexity index is 842. The molecule has 0 aliphatic heterocycles. The van der Waals surface area contributed by atoms with E-state index in [1.54, 1.807) is 10.6 Å². The van der Waals surface area contributed by atoms with Gasteiger partial charge in [-0.25, -0.2) is 4.98 Å². The van der Waals surface area contributed by atoms with Crippen LogP contribution in [0.25, 0.3) is 16.7 Å². The maximum absolute atomic E-state index is 12.9. The second kappa shape index (κ2) is 4.63. The Morgan fingerprint density at radius 3 is 2.43 bits per heavy atom. The molecule has 0 atom stereocenters. The fraction of sp³-hybridized carbons (Fsp3) is 0.0667. The van der Waals surface area contributed by atoms with Crippen LogP contribution >= 0.6 is 0 Å². The van der Waals surface area contributed by atoms with E-state index in [1.165, 1.54) is 12.4 Å². The average molecular weight is 287 g/mol. The second-order valence-electron chi connectivity index (χ2n) is 4.45. The standard InChI is InChI=1S/C15H8F3N3/c16-15(17,18)12-7-13-14(6-10(12)8-19)21(9-20-13)11-4-2-1-3-5-11/h1-7,9H. The van der Waals surface area contributed by atoms with Crippen molar-refractivity contribution in [2.75, 3.05) is 0 Å². The van der Waals surface area contributed by atoms with Gasteiger partial charge in [0.05, 0.1) is 28.2 Å². The highest BCUT2D eigenvalue weighted by molar-refractivity contribution is 5.80. The Balaban J connectivity index is 2.28. The molecule has 0 amide bonds. The third-order valence-electron chi connectivity index (χ3n) is 3.15. The maximum Gasteiger partial charge on any atom is 0.417 e. The van der Waals surface area contributed by atoms with Gasteiger partial charge >= 0.3 is 6.18 Å². The predicted octanol–water partition coefficient (Wildman–Crippen LogP) is 3.92. The Morgan fingerprint density at radius 1 is 1.10 bits per heavy atom. The van der Waals surface area contributed by atoms with E-state index in [2.05, 4.69) is 4.98 Å². The summed E-state index contributed by atoms with van der Waals surface area (Å²) in [5, 5.41) is 8.96. The molecule has 6 heteroatoms. The lowest BCUT2D eigenvalue weighted by molar-refractivity contribution is -0.137. The highest BCUT2D eigenvalue weighted by Crippen LogP contribution is 2.34. The molecule has 21 heavy (non-hydrogen) atoms. The van der Waals surface area contributed by atoms with Gasteiger partial charge in [0.2, 0.25) is 0 Å². The van der Waals surface area contributed by atoms with E-state index in [1.807, 2.05) is 30.3 Å². The SMILES string of the molecule is N#Cc1cc2c(cc1C(F)(F)F)ncn2-c1ccccc1. The topological polar surface area (TPSA) is 41.6 Å². The minimum Gasteiger partial charge on any atom is -0.299 e. The first-order valence-electron chi connectivity index (χ1n) is 6.04. The maximum atomic E-state index is 12.9. The van der Waals surface area contributed by atoms with Gasteiger partial charge in [-0.15, -0.1) is 0 Å². The monoisotopic (exact) mass is 287 g/mol. The largest absolute Gasteiger partial charge is 0.417 e. The molecule has 2 aromatic carbocycles. The van der Waals surface area contributed by atoms with Crippen molar-refractivity contribution in [1.29, 1.82) is 5.26 Å². The van der Waals surface area contributed by atoms with Crippen molar-refractivity contribution in [2.24, 2.45) is 0 Å². The number of imidazole rings is 1. The van der Waals surface area contributed by atoms with Gasteiger partial charge in [0.15, 0.2) is 0 Å². The van der Waals surface area contributed by atoms with Gasteiger partial charge in [0, 0.05) is 5.69 Å². The first-order chi connectivity index (χ1) is 10.0. The number of fused-ring (bicyclic) bond motifs is 1. The zero-order valence-corrected chi connectivity index (χ0v) is 10.6. The summed E-state index contributed by atoms with van der Waals surface area (Å²) >= 11 is 0. The number of hydrogen-bond donors (Lipinski definition) is 0. The summed E-state index contributed by atoms with van der Waals surface area (Å²) in [4.78, 5) is 4.00. The van der Waals surface area contributed by atoms with E-state index in [9.17, 15) is 13.2 Å². The Hall–Kier alpha value is -2.81. The zero-order valence-electron chi connectivity index (χ0n) is 10.6. The van der Waals surface area contributed by atoms with Gasteiger partial charge in [0.1, 0.15) is 6.33 Å². The molecule has 3 nitrogen and oxygen atoms in total. The summed E-state index contributed by atoms with van der Waals surface area (Å²) in [6, 6.07) is 12.8. The number of alkyl halides is 3. The quantitative estimate of drug-likeness (QED) is 0.680. The van der Waals surface area contributed by atoms with Crippen LogP contribution in [0.3, 0.4) is 0 Å². The van der Waals surface area contributed by atoms with Crippen LogP contribution in [0.1, 0.15) is 11.1 Å².